The molecule has 0 spiro atoms. The summed E-state index contributed by atoms with van der Waals surface area (Å²) in [5.41, 5.74) is 5.22. The maximum absolute atomic E-state index is 13.5. The fourth-order valence-electron chi connectivity index (χ4n) is 3.74. The number of rotatable bonds is 7. The minimum Gasteiger partial charge on any atom is -0.494 e. The van der Waals surface area contributed by atoms with Gasteiger partial charge in [0, 0.05) is 10.0 Å². The Morgan fingerprint density at radius 1 is 1.00 bits per heavy atom. The molecule has 3 aromatic carbocycles. The molecule has 4 nitrogen and oxygen atoms in total. The minimum atomic E-state index is -0.136. The molecule has 0 aliphatic carbocycles. The van der Waals surface area contributed by atoms with E-state index in [2.05, 4.69) is 28.9 Å². The van der Waals surface area contributed by atoms with Crippen LogP contribution in [-0.2, 0) is 4.79 Å². The van der Waals surface area contributed by atoms with Crippen molar-refractivity contribution in [3.63, 3.8) is 0 Å². The summed E-state index contributed by atoms with van der Waals surface area (Å²) in [4.78, 5) is 20.0. The molecule has 168 valence electrons. The Morgan fingerprint density at radius 3 is 2.39 bits per heavy atom. The lowest BCUT2D eigenvalue weighted by Crippen LogP contribution is -2.33. The van der Waals surface area contributed by atoms with Gasteiger partial charge < -0.3 is 4.74 Å². The molecule has 0 N–H and O–H groups in total. The van der Waals surface area contributed by atoms with Gasteiger partial charge in [-0.05, 0) is 79.9 Å². The van der Waals surface area contributed by atoms with Crippen LogP contribution in [0.4, 0.5) is 5.69 Å². The van der Waals surface area contributed by atoms with E-state index in [-0.39, 0.29) is 5.91 Å². The summed E-state index contributed by atoms with van der Waals surface area (Å²) in [7, 11) is 0. The van der Waals surface area contributed by atoms with Crippen LogP contribution in [0.5, 0.6) is 5.75 Å². The van der Waals surface area contributed by atoms with Gasteiger partial charge in [-0.1, -0.05) is 59.1 Å². The number of amidine groups is 1. The lowest BCUT2D eigenvalue weighted by Gasteiger charge is -2.21. The van der Waals surface area contributed by atoms with Crippen molar-refractivity contribution >= 4 is 39.4 Å². The predicted octanol–water partition coefficient (Wildman–Crippen LogP) is 7.08. The Morgan fingerprint density at radius 2 is 1.73 bits per heavy atom. The normalized spacial score (nSPS) is 14.7. The van der Waals surface area contributed by atoms with E-state index in [0.717, 1.165) is 51.0 Å². The number of benzene rings is 3. The van der Waals surface area contributed by atoms with E-state index in [1.54, 1.807) is 4.90 Å². The monoisotopic (exact) mass is 502 g/mol. The predicted molar refractivity (Wildman–Crippen MR) is 139 cm³/mol. The third-order valence-electron chi connectivity index (χ3n) is 5.51. The van der Waals surface area contributed by atoms with Crippen LogP contribution in [0.15, 0.2) is 81.9 Å². The molecule has 4 rings (SSSR count). The largest absolute Gasteiger partial charge is 0.494 e. The Labute approximate surface area is 203 Å². The van der Waals surface area contributed by atoms with Gasteiger partial charge in [-0.25, -0.2) is 4.99 Å². The van der Waals surface area contributed by atoms with E-state index in [9.17, 15) is 4.79 Å². The quantitative estimate of drug-likeness (QED) is 0.255. The highest BCUT2D eigenvalue weighted by atomic mass is 79.9. The molecular formula is C28H27BrN2O2. The Balaban J connectivity index is 1.73. The number of amides is 1. The van der Waals surface area contributed by atoms with E-state index in [1.165, 1.54) is 0 Å². The number of aryl methyl sites for hydroxylation is 2. The van der Waals surface area contributed by atoms with Crippen molar-refractivity contribution in [1.82, 2.24) is 0 Å². The lowest BCUT2D eigenvalue weighted by atomic mass is 10.1. The zero-order chi connectivity index (χ0) is 23.4. The summed E-state index contributed by atoms with van der Waals surface area (Å²) in [5.74, 6) is 1.30. The van der Waals surface area contributed by atoms with Crippen molar-refractivity contribution in [3.8, 4) is 5.75 Å². The zero-order valence-corrected chi connectivity index (χ0v) is 20.7. The van der Waals surface area contributed by atoms with Gasteiger partial charge in [0.05, 0.1) is 12.3 Å². The molecule has 0 fully saturated rings. The first kappa shape index (κ1) is 23.0. The molecule has 1 heterocycles. The number of hydrogen-bond donors (Lipinski definition) is 0. The lowest BCUT2D eigenvalue weighted by molar-refractivity contribution is -0.113. The van der Waals surface area contributed by atoms with E-state index in [4.69, 9.17) is 9.73 Å². The van der Waals surface area contributed by atoms with Crippen molar-refractivity contribution in [1.29, 1.82) is 0 Å². The zero-order valence-electron chi connectivity index (χ0n) is 19.1. The molecular weight excluding hydrogens is 476 g/mol. The smallest absolute Gasteiger partial charge is 0.282 e. The summed E-state index contributed by atoms with van der Waals surface area (Å²) in [6.07, 6.45) is 3.95. The summed E-state index contributed by atoms with van der Waals surface area (Å²) in [6.45, 7) is 6.91. The third kappa shape index (κ3) is 5.25. The van der Waals surface area contributed by atoms with Crippen molar-refractivity contribution in [2.45, 2.75) is 33.6 Å². The summed E-state index contributed by atoms with van der Waals surface area (Å²) < 4.78 is 6.79. The van der Waals surface area contributed by atoms with Gasteiger partial charge in [0.25, 0.3) is 5.91 Å². The van der Waals surface area contributed by atoms with Gasteiger partial charge in [0.15, 0.2) is 0 Å². The average Bonchev–Trinajstić information content (AvgIpc) is 3.12. The number of carbonyl (C=O) groups is 1. The van der Waals surface area contributed by atoms with Crippen LogP contribution in [0.25, 0.3) is 6.08 Å². The molecule has 0 saturated carbocycles. The van der Waals surface area contributed by atoms with E-state index in [0.29, 0.717) is 18.1 Å². The minimum absolute atomic E-state index is 0.136. The van der Waals surface area contributed by atoms with Crippen molar-refractivity contribution in [2.75, 3.05) is 11.5 Å². The van der Waals surface area contributed by atoms with Gasteiger partial charge in [0.1, 0.15) is 17.3 Å². The van der Waals surface area contributed by atoms with Crippen LogP contribution in [0.3, 0.4) is 0 Å². The SMILES string of the molecule is CCCCOc1ccc(C2=NC(=Cc3ccc(Br)cc3)C(=O)N2c2ccc(C)cc2C)cc1. The van der Waals surface area contributed by atoms with Gasteiger partial charge >= 0.3 is 0 Å². The highest BCUT2D eigenvalue weighted by Crippen LogP contribution is 2.31. The second-order valence-electron chi connectivity index (χ2n) is 8.17. The number of anilines is 1. The molecule has 1 aliphatic rings. The fourth-order valence-corrected chi connectivity index (χ4v) is 4.01. The number of nitrogens with zero attached hydrogens (tertiary/aromatic N) is 2. The molecule has 3 aromatic rings. The number of aliphatic imine (C=N–C) groups is 1. The van der Waals surface area contributed by atoms with Crippen molar-refractivity contribution in [2.24, 2.45) is 4.99 Å². The second-order valence-corrected chi connectivity index (χ2v) is 9.09. The number of ether oxygens (including phenoxy) is 1. The van der Waals surface area contributed by atoms with Gasteiger partial charge in [0.2, 0.25) is 0 Å². The molecule has 0 atom stereocenters. The molecule has 1 aliphatic heterocycles. The maximum Gasteiger partial charge on any atom is 0.282 e. The summed E-state index contributed by atoms with van der Waals surface area (Å²) in [6, 6.07) is 21.7. The van der Waals surface area contributed by atoms with Crippen LogP contribution in [0.2, 0.25) is 0 Å². The molecule has 5 heteroatoms. The number of halogens is 1. The molecule has 0 aromatic heterocycles. The summed E-state index contributed by atoms with van der Waals surface area (Å²) >= 11 is 3.46. The van der Waals surface area contributed by atoms with Crippen LogP contribution in [-0.4, -0.2) is 18.3 Å². The van der Waals surface area contributed by atoms with E-state index in [1.807, 2.05) is 80.6 Å². The van der Waals surface area contributed by atoms with Crippen LogP contribution < -0.4 is 9.64 Å². The average molecular weight is 503 g/mol. The standard InChI is InChI=1S/C28H27BrN2O2/c1-4-5-16-33-24-13-9-22(10-14-24)27-30-25(18-21-7-11-23(29)12-8-21)28(32)31(27)26-15-6-19(2)17-20(26)3/h6-15,17-18H,4-5,16H2,1-3H3. The molecule has 0 radical (unpaired) electrons. The second kappa shape index (κ2) is 10.2. The van der Waals surface area contributed by atoms with Crippen LogP contribution in [0, 0.1) is 13.8 Å². The number of hydrogen-bond acceptors (Lipinski definition) is 3. The van der Waals surface area contributed by atoms with Crippen molar-refractivity contribution in [3.05, 3.63) is 99.2 Å². The topological polar surface area (TPSA) is 41.9 Å². The van der Waals surface area contributed by atoms with Crippen LogP contribution >= 0.6 is 15.9 Å². The molecule has 1 amide bonds. The van der Waals surface area contributed by atoms with E-state index >= 15 is 0 Å². The summed E-state index contributed by atoms with van der Waals surface area (Å²) in [5, 5.41) is 0. The van der Waals surface area contributed by atoms with Gasteiger partial charge in [-0.15, -0.1) is 0 Å². The molecule has 0 saturated heterocycles. The van der Waals surface area contributed by atoms with Crippen molar-refractivity contribution < 1.29 is 9.53 Å². The highest BCUT2D eigenvalue weighted by molar-refractivity contribution is 9.10. The van der Waals surface area contributed by atoms with Gasteiger partial charge in [-0.2, -0.15) is 0 Å². The van der Waals surface area contributed by atoms with E-state index < -0.39 is 0 Å². The maximum atomic E-state index is 13.5. The first-order valence-corrected chi connectivity index (χ1v) is 12.0. The first-order chi connectivity index (χ1) is 16.0. The number of carbonyl (C=O) groups excluding carboxylic acids is 1. The van der Waals surface area contributed by atoms with Crippen LogP contribution in [0.1, 0.15) is 42.0 Å². The Hall–Kier alpha value is -3.18. The third-order valence-corrected chi connectivity index (χ3v) is 6.03. The molecule has 0 unspecified atom stereocenters. The van der Waals surface area contributed by atoms with Gasteiger partial charge in [-0.3, -0.25) is 9.69 Å². The Bertz CT molecular complexity index is 1210. The fraction of sp³-hybridized carbons (Fsp3) is 0.214. The first-order valence-electron chi connectivity index (χ1n) is 11.2. The molecule has 33 heavy (non-hydrogen) atoms. The highest BCUT2D eigenvalue weighted by Gasteiger charge is 2.33. The Kier molecular flexibility index (Phi) is 7.09. The number of unbranched alkanes of at least 4 members (excludes halogenated alkanes) is 1. The molecule has 0 bridgehead atoms.